The number of hydrogen-bond donors (Lipinski definition) is 1. The lowest BCUT2D eigenvalue weighted by atomic mass is 10.1. The molecule has 0 bridgehead atoms. The number of anilines is 1. The summed E-state index contributed by atoms with van der Waals surface area (Å²) in [5.74, 6) is 0.262. The Labute approximate surface area is 243 Å². The van der Waals surface area contributed by atoms with Gasteiger partial charge >= 0.3 is 0 Å². The molecule has 0 aliphatic carbocycles. The monoisotopic (exact) mass is 581 g/mol. The fourth-order valence-electron chi connectivity index (χ4n) is 4.18. The van der Waals surface area contributed by atoms with Gasteiger partial charge in [0.15, 0.2) is 0 Å². The highest BCUT2D eigenvalue weighted by Gasteiger charge is 2.33. The maximum atomic E-state index is 14.1. The summed E-state index contributed by atoms with van der Waals surface area (Å²) >= 11 is 0. The summed E-state index contributed by atoms with van der Waals surface area (Å²) in [5.41, 5.74) is 0.957. The number of methoxy groups -OCH3 is 1. The molecule has 41 heavy (non-hydrogen) atoms. The van der Waals surface area contributed by atoms with Crippen LogP contribution in [-0.4, -0.2) is 58.0 Å². The van der Waals surface area contributed by atoms with Crippen molar-refractivity contribution >= 4 is 27.5 Å². The van der Waals surface area contributed by atoms with Crippen molar-refractivity contribution < 1.29 is 27.5 Å². The molecule has 3 rings (SSSR count). The average Bonchev–Trinajstić information content (AvgIpc) is 2.98. The molecule has 0 fully saturated rings. The second-order valence-electron chi connectivity index (χ2n) is 9.91. The van der Waals surface area contributed by atoms with E-state index in [1.165, 1.54) is 17.0 Å². The first-order valence-electron chi connectivity index (χ1n) is 13.6. The van der Waals surface area contributed by atoms with Crippen molar-refractivity contribution in [3.8, 4) is 11.5 Å². The summed E-state index contributed by atoms with van der Waals surface area (Å²) in [5, 5.41) is 2.88. The number of rotatable bonds is 14. The minimum Gasteiger partial charge on any atom is -0.497 e. The number of amides is 2. The normalized spacial score (nSPS) is 12.0. The fourth-order valence-corrected chi connectivity index (χ4v) is 5.62. The minimum atomic E-state index is -4.19. The standard InChI is InChI=1S/C31H39N3O6S/c1-6-40-29-18-11-10-17-28(29)34(41(37,38)27-15-8-7-9-16-27)22-30(35)33(24(4)31(36)32-20-23(2)3)21-25-13-12-14-26(19-25)39-5/h7-19,23-24H,6,20-22H2,1-5H3,(H,32,36)/t24-/m1/s1. The molecular weight excluding hydrogens is 542 g/mol. The molecule has 0 aliphatic rings. The van der Waals surface area contributed by atoms with Crippen LogP contribution in [0, 0.1) is 5.92 Å². The van der Waals surface area contributed by atoms with E-state index in [0.29, 0.717) is 24.7 Å². The smallest absolute Gasteiger partial charge is 0.264 e. The van der Waals surface area contributed by atoms with Gasteiger partial charge in [0.2, 0.25) is 11.8 Å². The van der Waals surface area contributed by atoms with Gasteiger partial charge in [0, 0.05) is 13.1 Å². The number of benzene rings is 3. The maximum Gasteiger partial charge on any atom is 0.264 e. The predicted molar refractivity (Wildman–Crippen MR) is 159 cm³/mol. The average molecular weight is 582 g/mol. The highest BCUT2D eigenvalue weighted by Crippen LogP contribution is 2.33. The van der Waals surface area contributed by atoms with Gasteiger partial charge in [0.05, 0.1) is 24.3 Å². The van der Waals surface area contributed by atoms with Gasteiger partial charge in [-0.1, -0.05) is 56.3 Å². The number of carbonyl (C=O) groups excluding carboxylic acids is 2. The van der Waals surface area contributed by atoms with Crippen LogP contribution in [0.3, 0.4) is 0 Å². The molecule has 1 N–H and O–H groups in total. The van der Waals surface area contributed by atoms with Crippen molar-refractivity contribution in [1.29, 1.82) is 0 Å². The van der Waals surface area contributed by atoms with Gasteiger partial charge in [-0.3, -0.25) is 13.9 Å². The lowest BCUT2D eigenvalue weighted by molar-refractivity contribution is -0.139. The highest BCUT2D eigenvalue weighted by atomic mass is 32.2. The summed E-state index contributed by atoms with van der Waals surface area (Å²) in [6.45, 7) is 7.66. The van der Waals surface area contributed by atoms with E-state index in [4.69, 9.17) is 9.47 Å². The van der Waals surface area contributed by atoms with Crippen LogP contribution in [0.5, 0.6) is 11.5 Å². The molecule has 0 aromatic heterocycles. The van der Waals surface area contributed by atoms with E-state index in [2.05, 4.69) is 5.32 Å². The van der Waals surface area contributed by atoms with Crippen LogP contribution in [0.15, 0.2) is 83.8 Å². The summed E-state index contributed by atoms with van der Waals surface area (Å²) in [6.07, 6.45) is 0. The first-order chi connectivity index (χ1) is 19.6. The van der Waals surface area contributed by atoms with Gasteiger partial charge in [0.1, 0.15) is 24.1 Å². The van der Waals surface area contributed by atoms with Crippen LogP contribution < -0.4 is 19.1 Å². The Balaban J connectivity index is 2.06. The number of nitrogens with zero attached hydrogens (tertiary/aromatic N) is 2. The van der Waals surface area contributed by atoms with Gasteiger partial charge in [-0.25, -0.2) is 8.42 Å². The lowest BCUT2D eigenvalue weighted by Gasteiger charge is -2.32. The summed E-state index contributed by atoms with van der Waals surface area (Å²) in [4.78, 5) is 28.6. The van der Waals surface area contributed by atoms with Crippen LogP contribution in [0.4, 0.5) is 5.69 Å². The molecule has 0 spiro atoms. The van der Waals surface area contributed by atoms with Crippen LogP contribution in [0.25, 0.3) is 0 Å². The molecule has 0 saturated carbocycles. The zero-order valence-electron chi connectivity index (χ0n) is 24.2. The van der Waals surface area contributed by atoms with Crippen molar-refractivity contribution in [2.75, 3.05) is 31.1 Å². The Hall–Kier alpha value is -4.05. The third-order valence-corrected chi connectivity index (χ3v) is 8.16. The predicted octanol–water partition coefficient (Wildman–Crippen LogP) is 4.48. The van der Waals surface area contributed by atoms with E-state index < -0.39 is 28.5 Å². The molecule has 0 radical (unpaired) electrons. The third kappa shape index (κ3) is 8.23. The molecule has 9 nitrogen and oxygen atoms in total. The van der Waals surface area contributed by atoms with Crippen molar-refractivity contribution in [2.45, 2.75) is 45.2 Å². The summed E-state index contributed by atoms with van der Waals surface area (Å²) < 4.78 is 40.1. The molecule has 220 valence electrons. The van der Waals surface area contributed by atoms with E-state index in [-0.39, 0.29) is 29.0 Å². The van der Waals surface area contributed by atoms with Crippen molar-refractivity contribution in [2.24, 2.45) is 5.92 Å². The maximum absolute atomic E-state index is 14.1. The topological polar surface area (TPSA) is 105 Å². The van der Waals surface area contributed by atoms with Crippen molar-refractivity contribution in [1.82, 2.24) is 10.2 Å². The van der Waals surface area contributed by atoms with Crippen LogP contribution in [0.2, 0.25) is 0 Å². The number of carbonyl (C=O) groups is 2. The van der Waals surface area contributed by atoms with Gasteiger partial charge in [-0.15, -0.1) is 0 Å². The molecule has 3 aromatic carbocycles. The third-order valence-electron chi connectivity index (χ3n) is 6.38. The largest absolute Gasteiger partial charge is 0.497 e. The number of hydrogen-bond acceptors (Lipinski definition) is 6. The molecule has 0 heterocycles. The zero-order chi connectivity index (χ0) is 30.0. The van der Waals surface area contributed by atoms with Crippen LogP contribution in [0.1, 0.15) is 33.3 Å². The molecule has 2 amide bonds. The van der Waals surface area contributed by atoms with E-state index >= 15 is 0 Å². The van der Waals surface area contributed by atoms with E-state index in [9.17, 15) is 18.0 Å². The molecule has 1 atom stereocenters. The Morgan fingerprint density at radius 2 is 1.61 bits per heavy atom. The SMILES string of the molecule is CCOc1ccccc1N(CC(=O)N(Cc1cccc(OC)c1)[C@H](C)C(=O)NCC(C)C)S(=O)(=O)c1ccccc1. The Morgan fingerprint density at radius 1 is 0.927 bits per heavy atom. The number of para-hydroxylation sites is 2. The van der Waals surface area contributed by atoms with Crippen molar-refractivity contribution in [3.63, 3.8) is 0 Å². The molecule has 0 saturated heterocycles. The quantitative estimate of drug-likeness (QED) is 0.301. The minimum absolute atomic E-state index is 0.0289. The lowest BCUT2D eigenvalue weighted by Crippen LogP contribution is -2.51. The van der Waals surface area contributed by atoms with Gasteiger partial charge in [-0.2, -0.15) is 0 Å². The van der Waals surface area contributed by atoms with E-state index in [1.807, 2.05) is 19.9 Å². The van der Waals surface area contributed by atoms with E-state index in [0.717, 1.165) is 9.87 Å². The molecule has 10 heteroatoms. The van der Waals surface area contributed by atoms with Crippen molar-refractivity contribution in [3.05, 3.63) is 84.4 Å². The fraction of sp³-hybridized carbons (Fsp3) is 0.355. The number of sulfonamides is 1. The van der Waals surface area contributed by atoms with Gasteiger partial charge in [-0.05, 0) is 61.7 Å². The first kappa shape index (κ1) is 31.5. The summed E-state index contributed by atoms with van der Waals surface area (Å²) in [6, 6.07) is 20.9. The second-order valence-corrected chi connectivity index (χ2v) is 11.8. The number of nitrogens with one attached hydrogen (secondary N) is 1. The van der Waals surface area contributed by atoms with Crippen LogP contribution in [-0.2, 0) is 26.2 Å². The Bertz CT molecular complexity index is 1410. The summed E-state index contributed by atoms with van der Waals surface area (Å²) in [7, 11) is -2.64. The first-order valence-corrected chi connectivity index (χ1v) is 15.0. The number of ether oxygens (including phenoxy) is 2. The Morgan fingerprint density at radius 3 is 2.27 bits per heavy atom. The Kier molecular flexibility index (Phi) is 11.2. The van der Waals surface area contributed by atoms with E-state index in [1.54, 1.807) is 81.6 Å². The molecule has 0 unspecified atom stereocenters. The zero-order valence-corrected chi connectivity index (χ0v) is 25.1. The highest BCUT2D eigenvalue weighted by molar-refractivity contribution is 7.92. The second kappa shape index (κ2) is 14.5. The van der Waals surface area contributed by atoms with Gasteiger partial charge < -0.3 is 19.7 Å². The molecule has 0 aliphatic heterocycles. The van der Waals surface area contributed by atoms with Crippen LogP contribution >= 0.6 is 0 Å². The molecular formula is C31H39N3O6S. The van der Waals surface area contributed by atoms with Gasteiger partial charge in [0.25, 0.3) is 10.0 Å². The molecule has 3 aromatic rings.